The molecule has 2 amide bonds. The maximum Gasteiger partial charge on any atom is 0.410 e. The van der Waals surface area contributed by atoms with Gasteiger partial charge in [0.1, 0.15) is 24.5 Å². The van der Waals surface area contributed by atoms with Crippen LogP contribution in [0.1, 0.15) is 17.0 Å². The van der Waals surface area contributed by atoms with E-state index in [1.807, 2.05) is 67.4 Å². The Morgan fingerprint density at radius 3 is 2.36 bits per heavy atom. The first-order chi connectivity index (χ1) is 15.8. The van der Waals surface area contributed by atoms with Crippen LogP contribution >= 0.6 is 11.8 Å². The number of rotatable bonds is 7. The van der Waals surface area contributed by atoms with Gasteiger partial charge < -0.3 is 19.6 Å². The molecule has 178 valence electrons. The molecule has 0 N–H and O–H groups in total. The molecular weight excluding hydrogens is 442 g/mol. The highest BCUT2D eigenvalue weighted by atomic mass is 32.2. The zero-order valence-corrected chi connectivity index (χ0v) is 20.4. The number of aliphatic imine (C=N–C) groups is 1. The third-order valence-electron chi connectivity index (χ3n) is 5.91. The Kier molecular flexibility index (Phi) is 8.37. The smallest absolute Gasteiger partial charge is 0.410 e. The van der Waals surface area contributed by atoms with Crippen LogP contribution in [0.15, 0.2) is 40.5 Å². The van der Waals surface area contributed by atoms with Gasteiger partial charge in [0.05, 0.1) is 14.1 Å². The van der Waals surface area contributed by atoms with Gasteiger partial charge in [-0.25, -0.2) is 13.9 Å². The van der Waals surface area contributed by atoms with E-state index >= 15 is 0 Å². The summed E-state index contributed by atoms with van der Waals surface area (Å²) in [7, 11) is 3.93. The molecule has 9 nitrogen and oxygen atoms in total. The highest BCUT2D eigenvalue weighted by Gasteiger charge is 2.25. The number of hydrogen-bond donors (Lipinski definition) is 0. The van der Waals surface area contributed by atoms with E-state index in [0.29, 0.717) is 26.2 Å². The monoisotopic (exact) mass is 473 g/mol. The minimum atomic E-state index is -0.387. The summed E-state index contributed by atoms with van der Waals surface area (Å²) in [6.07, 6.45) is -0.387. The van der Waals surface area contributed by atoms with E-state index in [2.05, 4.69) is 4.99 Å². The molecule has 1 fully saturated rings. The SMILES string of the molecule is Cc1c(C)[n+](C)c(SCC([O-])=NCC(=O)N2CCN(C(=O)OCc3ccccc3)CC2)n1C. The molecule has 2 aromatic rings. The van der Waals surface area contributed by atoms with Crippen molar-refractivity contribution in [2.45, 2.75) is 25.6 Å². The van der Waals surface area contributed by atoms with Crippen LogP contribution < -0.4 is 9.67 Å². The predicted molar refractivity (Wildman–Crippen MR) is 124 cm³/mol. The minimum absolute atomic E-state index is 0.171. The van der Waals surface area contributed by atoms with Gasteiger partial charge in [-0.05, 0) is 23.2 Å². The van der Waals surface area contributed by atoms with Crippen molar-refractivity contribution >= 4 is 29.7 Å². The molecule has 0 unspecified atom stereocenters. The number of thioether (sulfide) groups is 1. The molecular formula is C23H31N5O4S. The molecule has 0 radical (unpaired) electrons. The van der Waals surface area contributed by atoms with Gasteiger partial charge in [-0.1, -0.05) is 30.3 Å². The molecule has 33 heavy (non-hydrogen) atoms. The number of nitrogens with zero attached hydrogens (tertiary/aromatic N) is 5. The number of piperazine rings is 1. The maximum absolute atomic E-state index is 12.5. The molecule has 1 aliphatic heterocycles. The highest BCUT2D eigenvalue weighted by molar-refractivity contribution is 7.99. The van der Waals surface area contributed by atoms with Crippen molar-refractivity contribution in [1.82, 2.24) is 14.4 Å². The van der Waals surface area contributed by atoms with Gasteiger partial charge in [-0.2, -0.15) is 0 Å². The van der Waals surface area contributed by atoms with Gasteiger partial charge in [0.15, 0.2) is 0 Å². The second-order valence-electron chi connectivity index (χ2n) is 7.98. The van der Waals surface area contributed by atoms with E-state index in [9.17, 15) is 14.7 Å². The van der Waals surface area contributed by atoms with Crippen LogP contribution in [-0.4, -0.2) is 70.7 Å². The van der Waals surface area contributed by atoms with Crippen LogP contribution in [0.3, 0.4) is 0 Å². The van der Waals surface area contributed by atoms with Crippen LogP contribution in [0.5, 0.6) is 0 Å². The van der Waals surface area contributed by atoms with Crippen LogP contribution in [0.2, 0.25) is 0 Å². The maximum atomic E-state index is 12.5. The van der Waals surface area contributed by atoms with Crippen molar-refractivity contribution in [1.29, 1.82) is 0 Å². The number of imidazole rings is 1. The Morgan fingerprint density at radius 2 is 1.76 bits per heavy atom. The van der Waals surface area contributed by atoms with Crippen LogP contribution in [0.25, 0.3) is 0 Å². The van der Waals surface area contributed by atoms with Gasteiger partial charge in [0.25, 0.3) is 0 Å². The van der Waals surface area contributed by atoms with Crippen LogP contribution in [-0.2, 0) is 30.2 Å². The Morgan fingerprint density at radius 1 is 1.12 bits per heavy atom. The number of carbonyl (C=O) groups is 2. The fourth-order valence-corrected chi connectivity index (χ4v) is 4.57. The third kappa shape index (κ3) is 6.28. The Hall–Kier alpha value is -3.01. The van der Waals surface area contributed by atoms with Crippen molar-refractivity contribution in [3.63, 3.8) is 0 Å². The van der Waals surface area contributed by atoms with E-state index in [0.717, 1.165) is 22.1 Å². The lowest BCUT2D eigenvalue weighted by atomic mass is 10.2. The summed E-state index contributed by atoms with van der Waals surface area (Å²) in [4.78, 5) is 31.9. The van der Waals surface area contributed by atoms with Crippen LogP contribution in [0, 0.1) is 13.8 Å². The molecule has 10 heteroatoms. The largest absolute Gasteiger partial charge is 0.861 e. The lowest BCUT2D eigenvalue weighted by Gasteiger charge is -2.34. The summed E-state index contributed by atoms with van der Waals surface area (Å²) in [5.41, 5.74) is 3.21. The number of amides is 2. The zero-order valence-electron chi connectivity index (χ0n) is 19.6. The van der Waals surface area contributed by atoms with E-state index < -0.39 is 0 Å². The van der Waals surface area contributed by atoms with Gasteiger partial charge in [0.2, 0.25) is 5.91 Å². The third-order valence-corrected chi connectivity index (χ3v) is 7.11. The number of benzene rings is 1. The molecule has 1 aliphatic rings. The Bertz CT molecular complexity index is 988. The lowest BCUT2D eigenvalue weighted by Crippen LogP contribution is -2.51. The summed E-state index contributed by atoms with van der Waals surface area (Å²) in [5, 5.41) is 13.2. The van der Waals surface area contributed by atoms with Gasteiger partial charge in [-0.15, -0.1) is 0 Å². The zero-order chi connectivity index (χ0) is 24.0. The first kappa shape index (κ1) is 24.6. The Balaban J connectivity index is 1.41. The summed E-state index contributed by atoms with van der Waals surface area (Å²) in [6, 6.07) is 9.49. The van der Waals surface area contributed by atoms with Gasteiger partial charge >= 0.3 is 11.2 Å². The van der Waals surface area contributed by atoms with E-state index in [4.69, 9.17) is 4.74 Å². The first-order valence-electron chi connectivity index (χ1n) is 10.9. The van der Waals surface area contributed by atoms with Crippen molar-refractivity contribution < 1.29 is 24.0 Å². The molecule has 1 saturated heterocycles. The van der Waals surface area contributed by atoms with Gasteiger partial charge in [-0.3, -0.25) is 9.79 Å². The minimum Gasteiger partial charge on any atom is -0.861 e. The molecule has 3 rings (SSSR count). The number of carbonyl (C=O) groups excluding carboxylic acids is 2. The van der Waals surface area contributed by atoms with Crippen LogP contribution in [0.4, 0.5) is 4.79 Å². The molecule has 0 atom stereocenters. The second kappa shape index (κ2) is 11.2. The average Bonchev–Trinajstić information content (AvgIpc) is 3.02. The quantitative estimate of drug-likeness (QED) is 0.257. The topological polar surface area (TPSA) is 94.1 Å². The number of hydrogen-bond acceptors (Lipinski definition) is 6. The molecule has 0 saturated carbocycles. The van der Waals surface area contributed by atoms with Crippen molar-refractivity contribution in [3.05, 3.63) is 47.3 Å². The number of ether oxygens (including phenoxy) is 1. The molecule has 1 aromatic heterocycles. The number of aromatic nitrogens is 2. The normalized spacial score (nSPS) is 14.5. The van der Waals surface area contributed by atoms with E-state index in [1.165, 1.54) is 11.8 Å². The van der Waals surface area contributed by atoms with E-state index in [-0.39, 0.29) is 36.8 Å². The fraction of sp³-hybridized carbons (Fsp3) is 0.478. The second-order valence-corrected chi connectivity index (χ2v) is 8.92. The van der Waals surface area contributed by atoms with E-state index in [1.54, 1.807) is 9.80 Å². The molecule has 0 aliphatic carbocycles. The summed E-state index contributed by atoms with van der Waals surface area (Å²) in [5.74, 6) is -0.339. The standard InChI is InChI=1S/C23H31N5O4S/c1-17-18(2)26(4)22(25(17)3)33-16-20(29)24-14-21(30)27-10-12-28(13-11-27)23(31)32-15-19-8-6-5-7-9-19/h5-9H,10-16H2,1-4H3. The first-order valence-corrected chi connectivity index (χ1v) is 11.8. The highest BCUT2D eigenvalue weighted by Crippen LogP contribution is 2.17. The Labute approximate surface area is 198 Å². The molecule has 2 heterocycles. The molecule has 1 aromatic carbocycles. The van der Waals surface area contributed by atoms with Gasteiger partial charge in [0, 0.05) is 45.8 Å². The average molecular weight is 474 g/mol. The summed E-state index contributed by atoms with van der Waals surface area (Å²) < 4.78 is 9.43. The predicted octanol–water partition coefficient (Wildman–Crippen LogP) is 0.798. The van der Waals surface area contributed by atoms with Crippen molar-refractivity contribution in [2.75, 3.05) is 38.5 Å². The van der Waals surface area contributed by atoms with Crippen molar-refractivity contribution in [3.8, 4) is 0 Å². The summed E-state index contributed by atoms with van der Waals surface area (Å²) >= 11 is 1.41. The fourth-order valence-electron chi connectivity index (χ4n) is 3.57. The molecule has 0 bridgehead atoms. The summed E-state index contributed by atoms with van der Waals surface area (Å²) in [6.45, 7) is 5.70. The molecule has 0 spiro atoms. The lowest BCUT2D eigenvalue weighted by molar-refractivity contribution is -0.715. The van der Waals surface area contributed by atoms with Crippen molar-refractivity contribution in [2.24, 2.45) is 19.1 Å².